The zero-order valence-corrected chi connectivity index (χ0v) is 12.6. The summed E-state index contributed by atoms with van der Waals surface area (Å²) in [5.74, 6) is 1.27. The van der Waals surface area contributed by atoms with Gasteiger partial charge >= 0.3 is 0 Å². The summed E-state index contributed by atoms with van der Waals surface area (Å²) in [6.45, 7) is 1.51. The maximum Gasteiger partial charge on any atom is 0.255 e. The number of rotatable bonds is 3. The number of ether oxygens (including phenoxy) is 2. The molecule has 5 nitrogen and oxygen atoms in total. The standard InChI is InChI=1S/C17H18N2O3/c1-19-8-9-22-16-11-13(6-7-15(16)19)18-17(20)12-4-3-5-14(10-12)21-2/h3-7,10-11H,8-9H2,1-2H3,(H,18,20). The molecule has 1 heterocycles. The Balaban J connectivity index is 1.79. The lowest BCUT2D eigenvalue weighted by molar-refractivity contribution is 0.102. The second-order valence-corrected chi connectivity index (χ2v) is 5.14. The second-order valence-electron chi connectivity index (χ2n) is 5.14. The van der Waals surface area contributed by atoms with Crippen LogP contribution < -0.4 is 19.7 Å². The maximum atomic E-state index is 12.3. The average Bonchev–Trinajstić information content (AvgIpc) is 2.55. The fraction of sp³-hybridized carbons (Fsp3) is 0.235. The molecule has 1 N–H and O–H groups in total. The van der Waals surface area contributed by atoms with E-state index in [1.807, 2.05) is 25.2 Å². The third-order valence-corrected chi connectivity index (χ3v) is 3.65. The van der Waals surface area contributed by atoms with Gasteiger partial charge in [-0.25, -0.2) is 0 Å². The van der Waals surface area contributed by atoms with Gasteiger partial charge in [0.2, 0.25) is 0 Å². The molecule has 2 aromatic rings. The van der Waals surface area contributed by atoms with Crippen LogP contribution in [0.25, 0.3) is 0 Å². The van der Waals surface area contributed by atoms with Gasteiger partial charge in [0.15, 0.2) is 0 Å². The van der Waals surface area contributed by atoms with E-state index in [2.05, 4.69) is 10.2 Å². The van der Waals surface area contributed by atoms with Crippen LogP contribution in [0.5, 0.6) is 11.5 Å². The molecule has 0 aromatic heterocycles. The van der Waals surface area contributed by atoms with Gasteiger partial charge in [0.05, 0.1) is 19.3 Å². The van der Waals surface area contributed by atoms with E-state index in [9.17, 15) is 4.79 Å². The van der Waals surface area contributed by atoms with Crippen LogP contribution in [0.3, 0.4) is 0 Å². The van der Waals surface area contributed by atoms with Crippen molar-refractivity contribution in [3.63, 3.8) is 0 Å². The number of anilines is 2. The number of methoxy groups -OCH3 is 1. The van der Waals surface area contributed by atoms with Gasteiger partial charge < -0.3 is 19.7 Å². The summed E-state index contributed by atoms with van der Waals surface area (Å²) in [5.41, 5.74) is 2.29. The molecular formula is C17H18N2O3. The number of amides is 1. The third kappa shape index (κ3) is 2.83. The Kier molecular flexibility index (Phi) is 3.87. The molecule has 1 amide bonds. The van der Waals surface area contributed by atoms with Gasteiger partial charge in [0.25, 0.3) is 5.91 Å². The summed E-state index contributed by atoms with van der Waals surface area (Å²) in [5, 5.41) is 2.88. The van der Waals surface area contributed by atoms with E-state index in [0.29, 0.717) is 23.6 Å². The molecule has 0 spiro atoms. The molecule has 5 heteroatoms. The monoisotopic (exact) mass is 298 g/mol. The van der Waals surface area contributed by atoms with E-state index in [0.717, 1.165) is 18.0 Å². The molecule has 0 fully saturated rings. The van der Waals surface area contributed by atoms with Gasteiger partial charge in [-0.3, -0.25) is 4.79 Å². The Hall–Kier alpha value is -2.69. The first-order chi connectivity index (χ1) is 10.7. The van der Waals surface area contributed by atoms with Crippen LogP contribution in [0.15, 0.2) is 42.5 Å². The molecule has 0 unspecified atom stereocenters. The average molecular weight is 298 g/mol. The van der Waals surface area contributed by atoms with E-state index in [1.54, 1.807) is 31.4 Å². The molecule has 0 radical (unpaired) electrons. The number of benzene rings is 2. The summed E-state index contributed by atoms with van der Waals surface area (Å²) >= 11 is 0. The van der Waals surface area contributed by atoms with Crippen molar-refractivity contribution in [3.8, 4) is 11.5 Å². The van der Waals surface area contributed by atoms with Crippen LogP contribution in [0, 0.1) is 0 Å². The minimum atomic E-state index is -0.178. The van der Waals surface area contributed by atoms with Crippen LogP contribution in [0.2, 0.25) is 0 Å². The lowest BCUT2D eigenvalue weighted by Crippen LogP contribution is -2.28. The number of hydrogen-bond donors (Lipinski definition) is 1. The van der Waals surface area contributed by atoms with E-state index < -0.39 is 0 Å². The van der Waals surface area contributed by atoms with Crippen molar-refractivity contribution in [2.75, 3.05) is 37.5 Å². The minimum absolute atomic E-state index is 0.178. The SMILES string of the molecule is COc1cccc(C(=O)Nc2ccc3c(c2)OCCN3C)c1. The first-order valence-electron chi connectivity index (χ1n) is 7.11. The molecule has 3 rings (SSSR count). The minimum Gasteiger partial charge on any atom is -0.497 e. The molecule has 2 aromatic carbocycles. The highest BCUT2D eigenvalue weighted by Gasteiger charge is 2.16. The van der Waals surface area contributed by atoms with E-state index in [1.165, 1.54) is 0 Å². The first-order valence-corrected chi connectivity index (χ1v) is 7.11. The summed E-state index contributed by atoms with van der Waals surface area (Å²) in [7, 11) is 3.60. The lowest BCUT2D eigenvalue weighted by atomic mass is 10.2. The number of likely N-dealkylation sites (N-methyl/N-ethyl adjacent to an activating group) is 1. The fourth-order valence-electron chi connectivity index (χ4n) is 2.40. The number of carbonyl (C=O) groups excluding carboxylic acids is 1. The number of nitrogens with zero attached hydrogens (tertiary/aromatic N) is 1. The predicted octanol–water partition coefficient (Wildman–Crippen LogP) is 2.78. The Bertz CT molecular complexity index is 700. The highest BCUT2D eigenvalue weighted by atomic mass is 16.5. The number of carbonyl (C=O) groups is 1. The van der Waals surface area contributed by atoms with Crippen LogP contribution in [0.4, 0.5) is 11.4 Å². The number of fused-ring (bicyclic) bond motifs is 1. The second kappa shape index (κ2) is 5.97. The van der Waals surface area contributed by atoms with Gasteiger partial charge in [-0.2, -0.15) is 0 Å². The highest BCUT2D eigenvalue weighted by molar-refractivity contribution is 6.04. The fourth-order valence-corrected chi connectivity index (χ4v) is 2.40. The van der Waals surface area contributed by atoms with Crippen LogP contribution in [0.1, 0.15) is 10.4 Å². The molecule has 22 heavy (non-hydrogen) atoms. The Morgan fingerprint density at radius 3 is 2.95 bits per heavy atom. The van der Waals surface area contributed by atoms with Gasteiger partial charge in [0, 0.05) is 24.4 Å². The molecule has 114 valence electrons. The molecule has 0 bridgehead atoms. The predicted molar refractivity (Wildman–Crippen MR) is 86.2 cm³/mol. The van der Waals surface area contributed by atoms with Crippen molar-refractivity contribution in [1.82, 2.24) is 0 Å². The Morgan fingerprint density at radius 2 is 2.14 bits per heavy atom. The molecular weight excluding hydrogens is 280 g/mol. The van der Waals surface area contributed by atoms with Crippen molar-refractivity contribution in [2.24, 2.45) is 0 Å². The quantitative estimate of drug-likeness (QED) is 0.946. The highest BCUT2D eigenvalue weighted by Crippen LogP contribution is 2.33. The van der Waals surface area contributed by atoms with Gasteiger partial charge in [-0.15, -0.1) is 0 Å². The van der Waals surface area contributed by atoms with Gasteiger partial charge in [-0.05, 0) is 30.3 Å². The van der Waals surface area contributed by atoms with Gasteiger partial charge in [0.1, 0.15) is 18.1 Å². The van der Waals surface area contributed by atoms with E-state index in [4.69, 9.17) is 9.47 Å². The number of hydrogen-bond acceptors (Lipinski definition) is 4. The largest absolute Gasteiger partial charge is 0.497 e. The summed E-state index contributed by atoms with van der Waals surface area (Å²) < 4.78 is 10.8. The first kappa shape index (κ1) is 14.3. The van der Waals surface area contributed by atoms with E-state index in [-0.39, 0.29) is 5.91 Å². The molecule has 0 saturated carbocycles. The van der Waals surface area contributed by atoms with Crippen molar-refractivity contribution in [1.29, 1.82) is 0 Å². The molecule has 1 aliphatic heterocycles. The topological polar surface area (TPSA) is 50.8 Å². The zero-order valence-electron chi connectivity index (χ0n) is 12.6. The number of nitrogens with one attached hydrogen (secondary N) is 1. The summed E-state index contributed by atoms with van der Waals surface area (Å²) in [4.78, 5) is 14.4. The molecule has 0 aliphatic carbocycles. The van der Waals surface area contributed by atoms with Crippen molar-refractivity contribution >= 4 is 17.3 Å². The maximum absolute atomic E-state index is 12.3. The smallest absolute Gasteiger partial charge is 0.255 e. The third-order valence-electron chi connectivity index (χ3n) is 3.65. The Labute approximate surface area is 129 Å². The molecule has 0 atom stereocenters. The lowest BCUT2D eigenvalue weighted by Gasteiger charge is -2.27. The Morgan fingerprint density at radius 1 is 1.27 bits per heavy atom. The van der Waals surface area contributed by atoms with Crippen LogP contribution in [-0.4, -0.2) is 33.2 Å². The van der Waals surface area contributed by atoms with Crippen molar-refractivity contribution in [2.45, 2.75) is 0 Å². The molecule has 0 saturated heterocycles. The van der Waals surface area contributed by atoms with E-state index >= 15 is 0 Å². The van der Waals surface area contributed by atoms with Gasteiger partial charge in [-0.1, -0.05) is 6.07 Å². The zero-order chi connectivity index (χ0) is 15.5. The normalized spacial score (nSPS) is 13.1. The molecule has 1 aliphatic rings. The van der Waals surface area contributed by atoms with Crippen LogP contribution in [-0.2, 0) is 0 Å². The van der Waals surface area contributed by atoms with Crippen molar-refractivity contribution in [3.05, 3.63) is 48.0 Å². The van der Waals surface area contributed by atoms with Crippen molar-refractivity contribution < 1.29 is 14.3 Å². The summed E-state index contributed by atoms with van der Waals surface area (Å²) in [6, 6.07) is 12.7. The summed E-state index contributed by atoms with van der Waals surface area (Å²) in [6.07, 6.45) is 0. The van der Waals surface area contributed by atoms with Crippen LogP contribution >= 0.6 is 0 Å².